The van der Waals surface area contributed by atoms with Crippen molar-refractivity contribution in [3.05, 3.63) is 35.6 Å². The van der Waals surface area contributed by atoms with Gasteiger partial charge in [-0.3, -0.25) is 4.68 Å². The van der Waals surface area contributed by atoms with Crippen molar-refractivity contribution in [2.24, 2.45) is 13.0 Å². The molecular formula is C19H21N5OS. The number of rotatable bonds is 2. The lowest BCUT2D eigenvalue weighted by atomic mass is 9.75. The molecule has 1 aliphatic rings. The van der Waals surface area contributed by atoms with Crippen LogP contribution in [-0.4, -0.2) is 36.9 Å². The van der Waals surface area contributed by atoms with Crippen LogP contribution in [0.2, 0.25) is 0 Å². The lowest BCUT2D eigenvalue weighted by Crippen LogP contribution is -2.17. The number of fused-ring (bicyclic) bond motifs is 2. The highest BCUT2D eigenvalue weighted by atomic mass is 32.1. The molecule has 4 heterocycles. The summed E-state index contributed by atoms with van der Waals surface area (Å²) in [7, 11) is 2.90. The van der Waals surface area contributed by atoms with Gasteiger partial charge >= 0.3 is 0 Å². The molecule has 0 aliphatic heterocycles. The van der Waals surface area contributed by atoms with Gasteiger partial charge in [0.25, 0.3) is 0 Å². The summed E-state index contributed by atoms with van der Waals surface area (Å²) < 4.78 is 1.77. The molecule has 0 atom stereocenters. The van der Waals surface area contributed by atoms with E-state index in [1.807, 2.05) is 30.8 Å². The third-order valence-electron chi connectivity index (χ3n) is 4.80. The van der Waals surface area contributed by atoms with Gasteiger partial charge < -0.3 is 5.11 Å². The minimum Gasteiger partial charge on any atom is -0.400 e. The van der Waals surface area contributed by atoms with Crippen molar-refractivity contribution in [3.8, 4) is 11.4 Å². The van der Waals surface area contributed by atoms with Crippen molar-refractivity contribution in [1.82, 2.24) is 24.7 Å². The summed E-state index contributed by atoms with van der Waals surface area (Å²) >= 11 is 1.81. The molecule has 6 nitrogen and oxygen atoms in total. The third kappa shape index (κ3) is 2.97. The molecule has 26 heavy (non-hydrogen) atoms. The molecule has 0 saturated heterocycles. The lowest BCUT2D eigenvalue weighted by Gasteiger charge is -2.31. The van der Waals surface area contributed by atoms with Crippen LogP contribution in [0.25, 0.3) is 32.6 Å². The maximum atomic E-state index is 7.00. The summed E-state index contributed by atoms with van der Waals surface area (Å²) in [5.74, 6) is 2.31. The van der Waals surface area contributed by atoms with E-state index in [4.69, 9.17) is 10.1 Å². The number of hydrogen-bond acceptors (Lipinski definition) is 6. The number of aliphatic hydroxyl groups is 1. The fraction of sp³-hybridized carbons (Fsp3) is 0.368. The van der Waals surface area contributed by atoms with Crippen LogP contribution < -0.4 is 0 Å². The minimum atomic E-state index is 0.719. The second-order valence-electron chi connectivity index (χ2n) is 6.82. The molecule has 1 saturated carbocycles. The zero-order valence-corrected chi connectivity index (χ0v) is 15.9. The molecule has 0 radical (unpaired) electrons. The van der Waals surface area contributed by atoms with Crippen LogP contribution in [0.3, 0.4) is 0 Å². The smallest absolute Gasteiger partial charge is 0.181 e. The number of thiophene rings is 1. The molecule has 1 aliphatic carbocycles. The molecule has 0 spiro atoms. The molecule has 4 aromatic heterocycles. The normalized spacial score (nSPS) is 19.2. The van der Waals surface area contributed by atoms with E-state index in [-0.39, 0.29) is 0 Å². The molecule has 0 aromatic carbocycles. The lowest BCUT2D eigenvalue weighted by molar-refractivity contribution is 0.292. The van der Waals surface area contributed by atoms with Crippen LogP contribution in [0.4, 0.5) is 0 Å². The fourth-order valence-corrected chi connectivity index (χ4v) is 4.61. The van der Waals surface area contributed by atoms with E-state index in [9.17, 15) is 0 Å². The van der Waals surface area contributed by atoms with Crippen molar-refractivity contribution < 1.29 is 5.11 Å². The Hall–Kier alpha value is -2.38. The highest BCUT2D eigenvalue weighted by Gasteiger charge is 2.28. The Bertz CT molecular complexity index is 1060. The fourth-order valence-electron chi connectivity index (χ4n) is 3.48. The molecule has 0 bridgehead atoms. The van der Waals surface area contributed by atoms with Gasteiger partial charge in [-0.25, -0.2) is 15.0 Å². The van der Waals surface area contributed by atoms with Gasteiger partial charge in [0, 0.05) is 54.0 Å². The van der Waals surface area contributed by atoms with Crippen LogP contribution in [0, 0.1) is 5.92 Å². The van der Waals surface area contributed by atoms with E-state index >= 15 is 0 Å². The SMILES string of the molecule is CC1CC(c2cc3cnc(-c4cnc5nn(C)cc5c4)nc3s2)C1.CO. The Morgan fingerprint density at radius 2 is 1.92 bits per heavy atom. The highest BCUT2D eigenvalue weighted by Crippen LogP contribution is 2.44. The van der Waals surface area contributed by atoms with Crippen molar-refractivity contribution in [1.29, 1.82) is 0 Å². The zero-order chi connectivity index (χ0) is 18.3. The molecule has 4 aromatic rings. The van der Waals surface area contributed by atoms with Gasteiger partial charge in [-0.1, -0.05) is 6.92 Å². The number of hydrogen-bond donors (Lipinski definition) is 1. The molecule has 7 heteroatoms. The Morgan fingerprint density at radius 1 is 1.12 bits per heavy atom. The average molecular weight is 367 g/mol. The van der Waals surface area contributed by atoms with Crippen LogP contribution in [0.1, 0.15) is 30.6 Å². The second-order valence-corrected chi connectivity index (χ2v) is 7.88. The maximum Gasteiger partial charge on any atom is 0.181 e. The Labute approximate surface area is 155 Å². The average Bonchev–Trinajstić information content (AvgIpc) is 3.21. The first-order chi connectivity index (χ1) is 12.7. The number of aliphatic hydroxyl groups excluding tert-OH is 1. The van der Waals surface area contributed by atoms with E-state index < -0.39 is 0 Å². The third-order valence-corrected chi connectivity index (χ3v) is 6.01. The van der Waals surface area contributed by atoms with Crippen molar-refractivity contribution in [3.63, 3.8) is 0 Å². The van der Waals surface area contributed by atoms with Crippen LogP contribution in [-0.2, 0) is 7.05 Å². The monoisotopic (exact) mass is 367 g/mol. The van der Waals surface area contributed by atoms with Crippen LogP contribution >= 0.6 is 11.3 Å². The van der Waals surface area contributed by atoms with Crippen molar-refractivity contribution in [2.75, 3.05) is 7.11 Å². The van der Waals surface area contributed by atoms with Crippen molar-refractivity contribution >= 4 is 32.6 Å². The Kier molecular flexibility index (Phi) is 4.42. The van der Waals surface area contributed by atoms with E-state index in [1.165, 1.54) is 17.7 Å². The van der Waals surface area contributed by atoms with Gasteiger partial charge in [0.2, 0.25) is 0 Å². The Balaban J connectivity index is 0.000000814. The Morgan fingerprint density at radius 3 is 2.69 bits per heavy atom. The largest absolute Gasteiger partial charge is 0.400 e. The molecule has 0 unspecified atom stereocenters. The van der Waals surface area contributed by atoms with Gasteiger partial charge in [0.05, 0.1) is 0 Å². The number of aromatic nitrogens is 5. The number of pyridine rings is 1. The first-order valence-corrected chi connectivity index (χ1v) is 9.48. The number of aryl methyl sites for hydroxylation is 1. The quantitative estimate of drug-likeness (QED) is 0.584. The topological polar surface area (TPSA) is 76.7 Å². The zero-order valence-electron chi connectivity index (χ0n) is 15.0. The molecule has 5 rings (SSSR count). The molecule has 134 valence electrons. The summed E-state index contributed by atoms with van der Waals surface area (Å²) in [4.78, 5) is 16.3. The van der Waals surface area contributed by atoms with Crippen LogP contribution in [0.5, 0.6) is 0 Å². The van der Waals surface area contributed by atoms with E-state index in [2.05, 4.69) is 34.1 Å². The molecule has 0 amide bonds. The van der Waals surface area contributed by atoms with E-state index in [0.29, 0.717) is 0 Å². The first-order valence-electron chi connectivity index (χ1n) is 8.67. The van der Waals surface area contributed by atoms with Crippen LogP contribution in [0.15, 0.2) is 30.7 Å². The van der Waals surface area contributed by atoms with Gasteiger partial charge in [0.1, 0.15) is 4.83 Å². The van der Waals surface area contributed by atoms with E-state index in [1.54, 1.807) is 10.9 Å². The maximum absolute atomic E-state index is 7.00. The summed E-state index contributed by atoms with van der Waals surface area (Å²) in [6.45, 7) is 2.32. The minimum absolute atomic E-state index is 0.719. The number of nitrogens with zero attached hydrogens (tertiary/aromatic N) is 5. The predicted octanol–water partition coefficient (Wildman–Crippen LogP) is 3.76. The summed E-state index contributed by atoms with van der Waals surface area (Å²) in [6.07, 6.45) is 8.31. The summed E-state index contributed by atoms with van der Waals surface area (Å²) in [5, 5.41) is 13.5. The van der Waals surface area contributed by atoms with Gasteiger partial charge in [0.15, 0.2) is 11.5 Å². The first kappa shape index (κ1) is 17.1. The molecular weight excluding hydrogens is 346 g/mol. The second kappa shape index (κ2) is 6.74. The predicted molar refractivity (Wildman–Crippen MR) is 104 cm³/mol. The van der Waals surface area contributed by atoms with Gasteiger partial charge in [-0.2, -0.15) is 5.10 Å². The summed E-state index contributed by atoms with van der Waals surface area (Å²) in [5.41, 5.74) is 1.68. The van der Waals surface area contributed by atoms with Gasteiger partial charge in [-0.15, -0.1) is 11.3 Å². The standard InChI is InChI=1S/C18H17N5S.CH4O/c1-10-3-11(4-10)15-6-13-8-19-16(21-18(13)24-15)12-5-14-9-23(2)22-17(14)20-7-12;1-2/h5-11H,3-4H2,1-2H3;2H,1H3. The summed E-state index contributed by atoms with van der Waals surface area (Å²) in [6, 6.07) is 4.32. The molecule has 1 fully saturated rings. The highest BCUT2D eigenvalue weighted by molar-refractivity contribution is 7.18. The van der Waals surface area contributed by atoms with Gasteiger partial charge in [-0.05, 0) is 36.8 Å². The van der Waals surface area contributed by atoms with E-state index in [0.717, 1.165) is 51.6 Å². The van der Waals surface area contributed by atoms with Crippen molar-refractivity contribution in [2.45, 2.75) is 25.7 Å². The molecule has 1 N–H and O–H groups in total.